The summed E-state index contributed by atoms with van der Waals surface area (Å²) in [4.78, 5) is 14.4. The van der Waals surface area contributed by atoms with Crippen LogP contribution >= 0.6 is 11.3 Å². The molecule has 0 aliphatic heterocycles. The highest BCUT2D eigenvalue weighted by Gasteiger charge is 2.20. The van der Waals surface area contributed by atoms with E-state index in [4.69, 9.17) is 0 Å². The average Bonchev–Trinajstić information content (AvgIpc) is 3.14. The van der Waals surface area contributed by atoms with Crippen LogP contribution in [0.1, 0.15) is 30.6 Å². The number of benzene rings is 1. The third-order valence-electron chi connectivity index (χ3n) is 3.46. The number of hydrogen-bond acceptors (Lipinski definition) is 6. The maximum absolute atomic E-state index is 12.4. The third kappa shape index (κ3) is 6.31. The Hall–Kier alpha value is -1.95. The van der Waals surface area contributed by atoms with Crippen LogP contribution in [0.4, 0.5) is 5.69 Å². The Bertz CT molecular complexity index is 984. The van der Waals surface area contributed by atoms with Crippen molar-refractivity contribution in [2.45, 2.75) is 24.5 Å². The molecule has 0 aliphatic rings. The maximum atomic E-state index is 12.4. The highest BCUT2D eigenvalue weighted by molar-refractivity contribution is 7.94. The van der Waals surface area contributed by atoms with Gasteiger partial charge < -0.3 is 0 Å². The van der Waals surface area contributed by atoms with Gasteiger partial charge in [-0.05, 0) is 35.9 Å². The average molecular weight is 432 g/mol. The molecule has 27 heavy (non-hydrogen) atoms. The number of carbonyl (C=O) groups is 1. The van der Waals surface area contributed by atoms with E-state index in [2.05, 4.69) is 10.1 Å². The molecule has 0 saturated heterocycles. The van der Waals surface area contributed by atoms with Crippen molar-refractivity contribution < 1.29 is 21.6 Å². The molecule has 3 N–H and O–H groups in total. The molecule has 1 amide bonds. The Kier molecular flexibility index (Phi) is 6.98. The van der Waals surface area contributed by atoms with Gasteiger partial charge in [-0.2, -0.15) is 0 Å². The second-order valence-electron chi connectivity index (χ2n) is 6.14. The monoisotopic (exact) mass is 431 g/mol. The minimum atomic E-state index is -3.84. The molecular formula is C16H21N3O5S3. The van der Waals surface area contributed by atoms with Crippen LogP contribution in [0.25, 0.3) is 0 Å². The van der Waals surface area contributed by atoms with E-state index < -0.39 is 26.0 Å². The van der Waals surface area contributed by atoms with Crippen molar-refractivity contribution >= 4 is 43.0 Å². The molecule has 8 nitrogen and oxygen atoms in total. The van der Waals surface area contributed by atoms with Gasteiger partial charge in [0.25, 0.3) is 15.9 Å². The second kappa shape index (κ2) is 8.83. The summed E-state index contributed by atoms with van der Waals surface area (Å²) in [5.74, 6) is -0.699. The quantitative estimate of drug-likeness (QED) is 0.525. The number of thiophene rings is 1. The van der Waals surface area contributed by atoms with Crippen molar-refractivity contribution in [2.75, 3.05) is 10.5 Å². The lowest BCUT2D eigenvalue weighted by molar-refractivity contribution is 0.0946. The first kappa shape index (κ1) is 21.4. The van der Waals surface area contributed by atoms with Gasteiger partial charge in [0.05, 0.1) is 17.0 Å². The Labute approximate surface area is 163 Å². The number of carbonyl (C=O) groups excluding carboxylic acids is 1. The van der Waals surface area contributed by atoms with Crippen LogP contribution in [-0.4, -0.2) is 28.5 Å². The summed E-state index contributed by atoms with van der Waals surface area (Å²) in [6.07, 6.45) is 0.447. The van der Waals surface area contributed by atoms with Gasteiger partial charge in [-0.25, -0.2) is 16.8 Å². The summed E-state index contributed by atoms with van der Waals surface area (Å²) >= 11 is 1.04. The van der Waals surface area contributed by atoms with Crippen LogP contribution in [0.15, 0.2) is 46.0 Å². The SMILES string of the molecule is CC(C)CCS(=O)(=O)NNC(=O)c1ccccc1NS(=O)(=O)c1cccs1. The highest BCUT2D eigenvalue weighted by atomic mass is 32.2. The summed E-state index contributed by atoms with van der Waals surface area (Å²) in [5, 5.41) is 1.62. The Morgan fingerprint density at radius 2 is 1.78 bits per heavy atom. The lowest BCUT2D eigenvalue weighted by Crippen LogP contribution is -2.43. The van der Waals surface area contributed by atoms with Crippen molar-refractivity contribution in [3.05, 3.63) is 47.3 Å². The molecule has 2 rings (SSSR count). The van der Waals surface area contributed by atoms with Crippen LogP contribution in [0.3, 0.4) is 0 Å². The van der Waals surface area contributed by atoms with E-state index in [0.29, 0.717) is 6.42 Å². The van der Waals surface area contributed by atoms with Crippen LogP contribution in [-0.2, 0) is 20.0 Å². The van der Waals surface area contributed by atoms with E-state index >= 15 is 0 Å². The van der Waals surface area contributed by atoms with Gasteiger partial charge >= 0.3 is 0 Å². The zero-order chi connectivity index (χ0) is 20.1. The molecule has 0 bridgehead atoms. The molecule has 0 fully saturated rings. The molecule has 0 unspecified atom stereocenters. The van der Waals surface area contributed by atoms with E-state index in [1.807, 2.05) is 18.7 Å². The molecule has 1 aromatic carbocycles. The van der Waals surface area contributed by atoms with E-state index in [9.17, 15) is 21.6 Å². The lowest BCUT2D eigenvalue weighted by Gasteiger charge is -2.13. The number of sulfonamides is 2. The molecule has 1 aromatic heterocycles. The van der Waals surface area contributed by atoms with Gasteiger partial charge in [-0.1, -0.05) is 32.0 Å². The number of rotatable bonds is 9. The zero-order valence-corrected chi connectivity index (χ0v) is 17.2. The van der Waals surface area contributed by atoms with E-state index in [-0.39, 0.29) is 27.1 Å². The lowest BCUT2D eigenvalue weighted by atomic mass is 10.2. The first-order valence-corrected chi connectivity index (χ1v) is 12.1. The standard InChI is InChI=1S/C16H21N3O5S3/c1-12(2)9-11-26(21,22)19-17-16(20)13-6-3-4-7-14(13)18-27(23,24)15-8-5-10-25-15/h3-8,10,12,18-19H,9,11H2,1-2H3,(H,17,20). The third-order valence-corrected chi connectivity index (χ3v) is 7.41. The minimum absolute atomic E-state index is 0.0100. The zero-order valence-electron chi connectivity index (χ0n) is 14.8. The fourth-order valence-electron chi connectivity index (χ4n) is 2.01. The second-order valence-corrected chi connectivity index (χ2v) is 10.8. The van der Waals surface area contributed by atoms with Crippen LogP contribution in [0, 0.1) is 5.92 Å². The van der Waals surface area contributed by atoms with Gasteiger partial charge in [-0.3, -0.25) is 14.9 Å². The van der Waals surface area contributed by atoms with Crippen molar-refractivity contribution in [2.24, 2.45) is 5.92 Å². The Balaban J connectivity index is 2.12. The number of nitrogens with one attached hydrogen (secondary N) is 3. The smallest absolute Gasteiger partial charge is 0.271 e. The molecule has 0 atom stereocenters. The Morgan fingerprint density at radius 3 is 2.41 bits per heavy atom. The van der Waals surface area contributed by atoms with Crippen molar-refractivity contribution in [1.82, 2.24) is 10.3 Å². The topological polar surface area (TPSA) is 121 Å². The highest BCUT2D eigenvalue weighted by Crippen LogP contribution is 2.22. The first-order chi connectivity index (χ1) is 12.6. The summed E-state index contributed by atoms with van der Waals surface area (Å²) in [6, 6.07) is 8.97. The van der Waals surface area contributed by atoms with Crippen molar-refractivity contribution in [1.29, 1.82) is 0 Å². The van der Waals surface area contributed by atoms with Gasteiger partial charge in [0.2, 0.25) is 10.0 Å². The maximum Gasteiger partial charge on any atom is 0.271 e. The summed E-state index contributed by atoms with van der Waals surface area (Å²) in [7, 11) is -7.52. The summed E-state index contributed by atoms with van der Waals surface area (Å²) in [5.41, 5.74) is 2.15. The number of hydrogen-bond donors (Lipinski definition) is 3. The van der Waals surface area contributed by atoms with Crippen LogP contribution in [0.2, 0.25) is 0 Å². The minimum Gasteiger partial charge on any atom is -0.278 e. The predicted octanol–water partition coefficient (Wildman–Crippen LogP) is 2.16. The van der Waals surface area contributed by atoms with Gasteiger partial charge in [-0.15, -0.1) is 16.2 Å². The number of anilines is 1. The predicted molar refractivity (Wildman–Crippen MR) is 105 cm³/mol. The van der Waals surface area contributed by atoms with E-state index in [1.54, 1.807) is 23.6 Å². The normalized spacial score (nSPS) is 12.1. The van der Waals surface area contributed by atoms with Gasteiger partial charge in [0, 0.05) is 0 Å². The Morgan fingerprint density at radius 1 is 1.07 bits per heavy atom. The molecule has 0 aliphatic carbocycles. The molecule has 0 spiro atoms. The molecule has 11 heteroatoms. The molecule has 2 aromatic rings. The number of hydrazine groups is 1. The molecular weight excluding hydrogens is 410 g/mol. The number of amides is 1. The summed E-state index contributed by atoms with van der Waals surface area (Å²) in [6.45, 7) is 3.79. The number of para-hydroxylation sites is 1. The van der Waals surface area contributed by atoms with Crippen molar-refractivity contribution in [3.63, 3.8) is 0 Å². The van der Waals surface area contributed by atoms with Gasteiger partial charge in [0.15, 0.2) is 0 Å². The molecule has 148 valence electrons. The molecule has 1 heterocycles. The van der Waals surface area contributed by atoms with E-state index in [0.717, 1.165) is 11.3 Å². The van der Waals surface area contributed by atoms with Crippen molar-refractivity contribution in [3.8, 4) is 0 Å². The van der Waals surface area contributed by atoms with Gasteiger partial charge in [0.1, 0.15) is 4.21 Å². The van der Waals surface area contributed by atoms with E-state index in [1.165, 1.54) is 18.2 Å². The molecule has 0 radical (unpaired) electrons. The fourth-order valence-corrected chi connectivity index (χ4v) is 5.22. The summed E-state index contributed by atoms with van der Waals surface area (Å²) < 4.78 is 51.0. The largest absolute Gasteiger partial charge is 0.278 e. The van der Waals surface area contributed by atoms with Crippen LogP contribution in [0.5, 0.6) is 0 Å². The fraction of sp³-hybridized carbons (Fsp3) is 0.312. The first-order valence-electron chi connectivity index (χ1n) is 8.06. The molecule has 0 saturated carbocycles. The van der Waals surface area contributed by atoms with Crippen LogP contribution < -0.4 is 15.0 Å².